The van der Waals surface area contributed by atoms with Gasteiger partial charge < -0.3 is 5.32 Å². The summed E-state index contributed by atoms with van der Waals surface area (Å²) < 4.78 is 0. The zero-order valence-corrected chi connectivity index (χ0v) is 14.7. The summed E-state index contributed by atoms with van der Waals surface area (Å²) in [5, 5.41) is 3.12. The maximum Gasteiger partial charge on any atom is 0.238 e. The number of benzene rings is 1. The second-order valence-electron chi connectivity index (χ2n) is 7.22. The third-order valence-corrected chi connectivity index (χ3v) is 5.31. The molecule has 2 aliphatic rings. The summed E-state index contributed by atoms with van der Waals surface area (Å²) in [7, 11) is 0. The van der Waals surface area contributed by atoms with Gasteiger partial charge in [-0.1, -0.05) is 24.1 Å². The van der Waals surface area contributed by atoms with Crippen molar-refractivity contribution in [3.05, 3.63) is 28.8 Å². The molecule has 1 aromatic rings. The third kappa shape index (κ3) is 3.93. The van der Waals surface area contributed by atoms with Crippen LogP contribution in [0.5, 0.6) is 0 Å². The Hall–Kier alpha value is -1.39. The fourth-order valence-corrected chi connectivity index (χ4v) is 3.80. The van der Waals surface area contributed by atoms with Crippen LogP contribution in [0.15, 0.2) is 12.1 Å². The minimum atomic E-state index is 0.108. The van der Waals surface area contributed by atoms with Gasteiger partial charge in [0.25, 0.3) is 0 Å². The first-order chi connectivity index (χ1) is 11.0. The standard InChI is InChI=1S/C19H29N3O/c1-14-11-15(2)19(16(3)12-14)20-18(23)13-21-7-9-22(10-8-21)17-5-4-6-17/h11-12,17H,4-10,13H2,1-3H3,(H,20,23). The normalized spacial score (nSPS) is 20.3. The van der Waals surface area contributed by atoms with Gasteiger partial charge in [-0.25, -0.2) is 0 Å². The molecule has 0 unspecified atom stereocenters. The van der Waals surface area contributed by atoms with E-state index in [9.17, 15) is 4.79 Å². The maximum atomic E-state index is 12.4. The van der Waals surface area contributed by atoms with E-state index in [1.807, 2.05) is 0 Å². The molecular formula is C19H29N3O. The molecule has 1 aliphatic carbocycles. The van der Waals surface area contributed by atoms with Crippen molar-refractivity contribution in [3.63, 3.8) is 0 Å². The number of nitrogens with one attached hydrogen (secondary N) is 1. The Bertz CT molecular complexity index is 549. The van der Waals surface area contributed by atoms with E-state index < -0.39 is 0 Å². The predicted octanol–water partition coefficient (Wildman–Crippen LogP) is 2.72. The molecule has 0 aromatic heterocycles. The average molecular weight is 315 g/mol. The van der Waals surface area contributed by atoms with E-state index in [-0.39, 0.29) is 5.91 Å². The lowest BCUT2D eigenvalue weighted by atomic mass is 9.91. The molecular weight excluding hydrogens is 286 g/mol. The smallest absolute Gasteiger partial charge is 0.238 e. The Morgan fingerprint density at radius 3 is 2.22 bits per heavy atom. The lowest BCUT2D eigenvalue weighted by molar-refractivity contribution is -0.117. The van der Waals surface area contributed by atoms with Gasteiger partial charge >= 0.3 is 0 Å². The van der Waals surface area contributed by atoms with Crippen LogP contribution in [0.2, 0.25) is 0 Å². The van der Waals surface area contributed by atoms with Crippen LogP contribution in [0.1, 0.15) is 36.0 Å². The fourth-order valence-electron chi connectivity index (χ4n) is 3.80. The van der Waals surface area contributed by atoms with Crippen molar-refractivity contribution >= 4 is 11.6 Å². The summed E-state index contributed by atoms with van der Waals surface area (Å²) >= 11 is 0. The summed E-state index contributed by atoms with van der Waals surface area (Å²) in [5.41, 5.74) is 4.51. The number of amides is 1. The van der Waals surface area contributed by atoms with E-state index in [1.165, 1.54) is 24.8 Å². The van der Waals surface area contributed by atoms with Crippen molar-refractivity contribution in [1.29, 1.82) is 0 Å². The highest BCUT2D eigenvalue weighted by molar-refractivity contribution is 5.93. The van der Waals surface area contributed by atoms with Gasteiger partial charge in [-0.15, -0.1) is 0 Å². The number of hydrogen-bond donors (Lipinski definition) is 1. The summed E-state index contributed by atoms with van der Waals surface area (Å²) in [6.07, 6.45) is 4.13. The van der Waals surface area contributed by atoms with Crippen molar-refractivity contribution in [1.82, 2.24) is 9.80 Å². The van der Waals surface area contributed by atoms with E-state index in [2.05, 4.69) is 48.0 Å². The van der Waals surface area contributed by atoms with Gasteiger partial charge in [0.05, 0.1) is 6.54 Å². The highest BCUT2D eigenvalue weighted by atomic mass is 16.2. The molecule has 0 atom stereocenters. The molecule has 23 heavy (non-hydrogen) atoms. The van der Waals surface area contributed by atoms with Gasteiger partial charge in [0.2, 0.25) is 5.91 Å². The number of anilines is 1. The number of carbonyl (C=O) groups excluding carboxylic acids is 1. The largest absolute Gasteiger partial charge is 0.324 e. The minimum absolute atomic E-state index is 0.108. The molecule has 3 rings (SSSR count). The molecule has 1 saturated carbocycles. The highest BCUT2D eigenvalue weighted by Gasteiger charge is 2.28. The molecule has 1 heterocycles. The summed E-state index contributed by atoms with van der Waals surface area (Å²) in [6.45, 7) is 11.0. The molecule has 1 N–H and O–H groups in total. The second kappa shape index (κ2) is 7.02. The van der Waals surface area contributed by atoms with Crippen molar-refractivity contribution in [2.75, 3.05) is 38.0 Å². The molecule has 1 aromatic carbocycles. The molecule has 1 aliphatic heterocycles. The van der Waals surface area contributed by atoms with Crippen LogP contribution < -0.4 is 5.32 Å². The van der Waals surface area contributed by atoms with Crippen LogP contribution in [0.3, 0.4) is 0 Å². The first-order valence-corrected chi connectivity index (χ1v) is 8.87. The number of piperazine rings is 1. The Morgan fingerprint density at radius 2 is 1.70 bits per heavy atom. The first kappa shape index (κ1) is 16.5. The lowest BCUT2D eigenvalue weighted by Gasteiger charge is -2.42. The molecule has 0 spiro atoms. The Kier molecular flexibility index (Phi) is 5.02. The van der Waals surface area contributed by atoms with Gasteiger partial charge in [0.15, 0.2) is 0 Å². The van der Waals surface area contributed by atoms with Gasteiger partial charge in [-0.3, -0.25) is 14.6 Å². The SMILES string of the molecule is Cc1cc(C)c(NC(=O)CN2CCN(C3CCC3)CC2)c(C)c1. The molecule has 0 bridgehead atoms. The van der Waals surface area contributed by atoms with Crippen molar-refractivity contribution in [3.8, 4) is 0 Å². The van der Waals surface area contributed by atoms with Crippen LogP contribution in [0.25, 0.3) is 0 Å². The van der Waals surface area contributed by atoms with Crippen LogP contribution >= 0.6 is 0 Å². The topological polar surface area (TPSA) is 35.6 Å². The fraction of sp³-hybridized carbons (Fsp3) is 0.632. The van der Waals surface area contributed by atoms with E-state index in [4.69, 9.17) is 0 Å². The van der Waals surface area contributed by atoms with Crippen LogP contribution in [0.4, 0.5) is 5.69 Å². The molecule has 2 fully saturated rings. The minimum Gasteiger partial charge on any atom is -0.324 e. The zero-order valence-electron chi connectivity index (χ0n) is 14.7. The van der Waals surface area contributed by atoms with Gasteiger partial charge in [-0.2, -0.15) is 0 Å². The summed E-state index contributed by atoms with van der Waals surface area (Å²) in [4.78, 5) is 17.3. The quantitative estimate of drug-likeness (QED) is 0.928. The monoisotopic (exact) mass is 315 g/mol. The zero-order chi connectivity index (χ0) is 16.4. The number of hydrogen-bond acceptors (Lipinski definition) is 3. The molecule has 0 radical (unpaired) electrons. The number of carbonyl (C=O) groups is 1. The van der Waals surface area contributed by atoms with Crippen LogP contribution in [-0.4, -0.2) is 54.5 Å². The summed E-state index contributed by atoms with van der Waals surface area (Å²) in [6, 6.07) is 5.07. The number of nitrogens with zero attached hydrogens (tertiary/aromatic N) is 2. The Labute approximate surface area is 139 Å². The number of aryl methyl sites for hydroxylation is 3. The van der Waals surface area contributed by atoms with E-state index in [1.54, 1.807) is 0 Å². The van der Waals surface area contributed by atoms with Crippen LogP contribution in [-0.2, 0) is 4.79 Å². The van der Waals surface area contributed by atoms with E-state index >= 15 is 0 Å². The van der Waals surface area contributed by atoms with Crippen molar-refractivity contribution in [2.45, 2.75) is 46.1 Å². The average Bonchev–Trinajstić information content (AvgIpc) is 2.43. The lowest BCUT2D eigenvalue weighted by Crippen LogP contribution is -2.53. The Morgan fingerprint density at radius 1 is 1.09 bits per heavy atom. The summed E-state index contributed by atoms with van der Waals surface area (Å²) in [5.74, 6) is 0.108. The van der Waals surface area contributed by atoms with Gasteiger partial charge in [0.1, 0.15) is 0 Å². The first-order valence-electron chi connectivity index (χ1n) is 8.87. The molecule has 4 heteroatoms. The maximum absolute atomic E-state index is 12.4. The molecule has 126 valence electrons. The van der Waals surface area contributed by atoms with Crippen LogP contribution in [0, 0.1) is 20.8 Å². The van der Waals surface area contributed by atoms with Gasteiger partial charge in [-0.05, 0) is 44.7 Å². The second-order valence-corrected chi connectivity index (χ2v) is 7.22. The van der Waals surface area contributed by atoms with E-state index in [0.717, 1.165) is 49.0 Å². The third-order valence-electron chi connectivity index (χ3n) is 5.31. The highest BCUT2D eigenvalue weighted by Crippen LogP contribution is 2.25. The molecule has 4 nitrogen and oxygen atoms in total. The Balaban J connectivity index is 1.50. The van der Waals surface area contributed by atoms with Crippen molar-refractivity contribution in [2.24, 2.45) is 0 Å². The van der Waals surface area contributed by atoms with Crippen molar-refractivity contribution < 1.29 is 4.79 Å². The molecule has 1 saturated heterocycles. The molecule has 1 amide bonds. The van der Waals surface area contributed by atoms with E-state index in [0.29, 0.717) is 6.54 Å². The van der Waals surface area contributed by atoms with Gasteiger partial charge in [0, 0.05) is 37.9 Å². The predicted molar refractivity (Wildman–Crippen MR) is 94.9 cm³/mol. The number of rotatable bonds is 4.